The first-order valence-corrected chi connectivity index (χ1v) is 10.1. The predicted molar refractivity (Wildman–Crippen MR) is 95.7 cm³/mol. The molecule has 0 aliphatic heterocycles. The van der Waals surface area contributed by atoms with Crippen LogP contribution in [0, 0.1) is 0 Å². The molecular formula is C16H19Cl2N3O2S. The Morgan fingerprint density at radius 3 is 2.79 bits per heavy atom. The second-order valence-electron chi connectivity index (χ2n) is 6.10. The van der Waals surface area contributed by atoms with Crippen molar-refractivity contribution in [1.29, 1.82) is 0 Å². The van der Waals surface area contributed by atoms with Crippen LogP contribution in [0.25, 0.3) is 0 Å². The van der Waals surface area contributed by atoms with Gasteiger partial charge in [0.1, 0.15) is 0 Å². The van der Waals surface area contributed by atoms with Crippen LogP contribution >= 0.6 is 23.2 Å². The van der Waals surface area contributed by atoms with Crippen LogP contribution in [0.2, 0.25) is 10.0 Å². The molecule has 8 heteroatoms. The van der Waals surface area contributed by atoms with Crippen molar-refractivity contribution < 1.29 is 8.42 Å². The van der Waals surface area contributed by atoms with Crippen molar-refractivity contribution in [1.82, 2.24) is 14.1 Å². The SMILES string of the molecule is CN([C@@H]1CCCc2c1cnn2C)S(=O)(=O)Cc1ccc(Cl)c(Cl)c1. The van der Waals surface area contributed by atoms with Crippen LogP contribution in [0.15, 0.2) is 24.4 Å². The fourth-order valence-electron chi connectivity index (χ4n) is 3.20. The van der Waals surface area contributed by atoms with E-state index in [1.165, 1.54) is 4.31 Å². The van der Waals surface area contributed by atoms with E-state index >= 15 is 0 Å². The van der Waals surface area contributed by atoms with Gasteiger partial charge in [0.15, 0.2) is 0 Å². The number of hydrogen-bond acceptors (Lipinski definition) is 3. The summed E-state index contributed by atoms with van der Waals surface area (Å²) in [6.45, 7) is 0. The molecule has 0 radical (unpaired) electrons. The number of hydrogen-bond donors (Lipinski definition) is 0. The van der Waals surface area contributed by atoms with Crippen LogP contribution in [0.1, 0.15) is 35.7 Å². The van der Waals surface area contributed by atoms with Gasteiger partial charge < -0.3 is 0 Å². The third-order valence-electron chi connectivity index (χ3n) is 4.55. The van der Waals surface area contributed by atoms with Gasteiger partial charge in [-0.2, -0.15) is 9.40 Å². The Hall–Kier alpha value is -1.08. The molecule has 24 heavy (non-hydrogen) atoms. The first-order valence-electron chi connectivity index (χ1n) is 7.70. The molecule has 0 saturated carbocycles. The van der Waals surface area contributed by atoms with Crippen LogP contribution in [-0.2, 0) is 29.2 Å². The van der Waals surface area contributed by atoms with E-state index in [1.807, 2.05) is 11.7 Å². The minimum Gasteiger partial charge on any atom is -0.272 e. The summed E-state index contributed by atoms with van der Waals surface area (Å²) in [6.07, 6.45) is 4.47. The highest BCUT2D eigenvalue weighted by Gasteiger charge is 2.32. The zero-order valence-electron chi connectivity index (χ0n) is 13.5. The highest BCUT2D eigenvalue weighted by Crippen LogP contribution is 2.35. The van der Waals surface area contributed by atoms with Crippen molar-refractivity contribution in [2.75, 3.05) is 7.05 Å². The molecule has 0 unspecified atom stereocenters. The molecule has 3 rings (SSSR count). The Kier molecular flexibility index (Phi) is 4.93. The minimum absolute atomic E-state index is 0.105. The summed E-state index contributed by atoms with van der Waals surface area (Å²) in [4.78, 5) is 0. The highest BCUT2D eigenvalue weighted by atomic mass is 35.5. The number of fused-ring (bicyclic) bond motifs is 1. The molecule has 0 bridgehead atoms. The molecule has 0 N–H and O–H groups in total. The molecule has 1 aliphatic carbocycles. The Balaban J connectivity index is 1.86. The van der Waals surface area contributed by atoms with Gasteiger partial charge in [0.2, 0.25) is 10.0 Å². The third kappa shape index (κ3) is 3.33. The fraction of sp³-hybridized carbons (Fsp3) is 0.438. The summed E-state index contributed by atoms with van der Waals surface area (Å²) >= 11 is 11.9. The van der Waals surface area contributed by atoms with E-state index in [-0.39, 0.29) is 11.8 Å². The van der Waals surface area contributed by atoms with E-state index in [4.69, 9.17) is 23.2 Å². The maximum Gasteiger partial charge on any atom is 0.218 e. The molecule has 1 aromatic heterocycles. The number of aromatic nitrogens is 2. The Bertz CT molecular complexity index is 864. The van der Waals surface area contributed by atoms with Gasteiger partial charge in [-0.15, -0.1) is 0 Å². The molecule has 2 aromatic rings. The van der Waals surface area contributed by atoms with Gasteiger partial charge in [-0.3, -0.25) is 4.68 Å². The van der Waals surface area contributed by atoms with Crippen LogP contribution in [0.3, 0.4) is 0 Å². The van der Waals surface area contributed by atoms with Crippen molar-refractivity contribution in [3.63, 3.8) is 0 Å². The molecule has 130 valence electrons. The highest BCUT2D eigenvalue weighted by molar-refractivity contribution is 7.88. The minimum atomic E-state index is -3.48. The first-order chi connectivity index (χ1) is 11.3. The van der Waals surface area contributed by atoms with E-state index < -0.39 is 10.0 Å². The van der Waals surface area contributed by atoms with Gasteiger partial charge in [0.05, 0.1) is 28.0 Å². The van der Waals surface area contributed by atoms with Crippen LogP contribution < -0.4 is 0 Å². The lowest BCUT2D eigenvalue weighted by Crippen LogP contribution is -2.34. The monoisotopic (exact) mass is 387 g/mol. The number of rotatable bonds is 4. The molecule has 1 atom stereocenters. The maximum atomic E-state index is 12.8. The van der Waals surface area contributed by atoms with Gasteiger partial charge >= 0.3 is 0 Å². The predicted octanol–water partition coefficient (Wildman–Crippen LogP) is 3.57. The smallest absolute Gasteiger partial charge is 0.218 e. The summed E-state index contributed by atoms with van der Waals surface area (Å²) < 4.78 is 29.0. The number of halogens is 2. The van der Waals surface area contributed by atoms with Crippen molar-refractivity contribution in [2.45, 2.75) is 31.1 Å². The van der Waals surface area contributed by atoms with Crippen molar-refractivity contribution in [2.24, 2.45) is 7.05 Å². The fourth-order valence-corrected chi connectivity index (χ4v) is 4.93. The van der Waals surface area contributed by atoms with E-state index in [1.54, 1.807) is 31.4 Å². The number of sulfonamides is 1. The molecule has 1 heterocycles. The third-order valence-corrected chi connectivity index (χ3v) is 7.12. The average molecular weight is 388 g/mol. The summed E-state index contributed by atoms with van der Waals surface area (Å²) in [6, 6.07) is 4.74. The van der Waals surface area contributed by atoms with E-state index in [0.29, 0.717) is 15.6 Å². The molecular weight excluding hydrogens is 369 g/mol. The quantitative estimate of drug-likeness (QED) is 0.805. The van der Waals surface area contributed by atoms with E-state index in [9.17, 15) is 8.42 Å². The van der Waals surface area contributed by atoms with Gasteiger partial charge in [-0.1, -0.05) is 29.3 Å². The Morgan fingerprint density at radius 1 is 1.33 bits per heavy atom. The lowest BCUT2D eigenvalue weighted by atomic mass is 9.93. The maximum absolute atomic E-state index is 12.8. The molecule has 5 nitrogen and oxygen atoms in total. The van der Waals surface area contributed by atoms with E-state index in [2.05, 4.69) is 5.10 Å². The number of aryl methyl sites for hydroxylation is 1. The lowest BCUT2D eigenvalue weighted by molar-refractivity contribution is 0.334. The largest absolute Gasteiger partial charge is 0.272 e. The van der Waals surface area contributed by atoms with Crippen LogP contribution in [-0.4, -0.2) is 29.6 Å². The van der Waals surface area contributed by atoms with Crippen molar-refractivity contribution in [3.8, 4) is 0 Å². The zero-order chi connectivity index (χ0) is 17.5. The molecule has 1 aliphatic rings. The first kappa shape index (κ1) is 17.7. The Labute approximate surface area is 152 Å². The second kappa shape index (κ2) is 6.67. The zero-order valence-corrected chi connectivity index (χ0v) is 15.9. The summed E-state index contributed by atoms with van der Waals surface area (Å²) in [5, 5.41) is 5.06. The summed E-state index contributed by atoms with van der Waals surface area (Å²) in [5.41, 5.74) is 2.74. The van der Waals surface area contributed by atoms with Crippen molar-refractivity contribution in [3.05, 3.63) is 51.3 Å². The molecule has 0 amide bonds. The van der Waals surface area contributed by atoms with E-state index in [0.717, 1.165) is 30.5 Å². The van der Waals surface area contributed by atoms with Crippen LogP contribution in [0.4, 0.5) is 0 Å². The standard InChI is InChI=1S/C16H19Cl2N3O2S/c1-20-15-4-3-5-16(12(15)9-19-20)21(2)24(22,23)10-11-6-7-13(17)14(18)8-11/h6-9,16H,3-5,10H2,1-2H3/t16-/m1/s1. The van der Waals surface area contributed by atoms with Gasteiger partial charge in [-0.05, 0) is 37.0 Å². The number of nitrogens with zero attached hydrogens (tertiary/aromatic N) is 3. The topological polar surface area (TPSA) is 55.2 Å². The number of benzene rings is 1. The van der Waals surface area contributed by atoms with Gasteiger partial charge in [0, 0.05) is 25.4 Å². The molecule has 1 aromatic carbocycles. The van der Waals surface area contributed by atoms with Crippen LogP contribution in [0.5, 0.6) is 0 Å². The molecule has 0 fully saturated rings. The molecule has 0 saturated heterocycles. The van der Waals surface area contributed by atoms with Gasteiger partial charge in [-0.25, -0.2) is 8.42 Å². The lowest BCUT2D eigenvalue weighted by Gasteiger charge is -2.30. The molecule has 0 spiro atoms. The summed E-state index contributed by atoms with van der Waals surface area (Å²) in [7, 11) is 0.0513. The summed E-state index contributed by atoms with van der Waals surface area (Å²) in [5.74, 6) is -0.105. The Morgan fingerprint density at radius 2 is 2.08 bits per heavy atom. The van der Waals surface area contributed by atoms with Gasteiger partial charge in [0.25, 0.3) is 0 Å². The average Bonchev–Trinajstić information content (AvgIpc) is 2.91. The van der Waals surface area contributed by atoms with Crippen molar-refractivity contribution >= 4 is 33.2 Å². The second-order valence-corrected chi connectivity index (χ2v) is 8.94. The normalized spacial score (nSPS) is 18.0.